The van der Waals surface area contributed by atoms with Crippen molar-refractivity contribution in [3.05, 3.63) is 52.1 Å². The van der Waals surface area contributed by atoms with E-state index in [4.69, 9.17) is 27.9 Å². The van der Waals surface area contributed by atoms with E-state index in [2.05, 4.69) is 15.6 Å². The van der Waals surface area contributed by atoms with Gasteiger partial charge in [-0.15, -0.1) is 0 Å². The van der Waals surface area contributed by atoms with Gasteiger partial charge in [0.1, 0.15) is 5.82 Å². The van der Waals surface area contributed by atoms with Crippen LogP contribution in [0, 0.1) is 0 Å². The summed E-state index contributed by atoms with van der Waals surface area (Å²) in [6.45, 7) is 1.45. The number of hydrogen-bond donors (Lipinski definition) is 2. The number of hydrogen-bond acceptors (Lipinski definition) is 4. The summed E-state index contributed by atoms with van der Waals surface area (Å²) < 4.78 is 4.97. The molecule has 2 rings (SSSR count). The molecule has 0 saturated carbocycles. The smallest absolute Gasteiger partial charge is 0.257 e. The third-order valence-electron chi connectivity index (χ3n) is 2.98. The predicted molar refractivity (Wildman–Crippen MR) is 93.6 cm³/mol. The van der Waals surface area contributed by atoms with Crippen LogP contribution < -0.4 is 10.6 Å². The molecule has 1 aromatic carbocycles. The number of carbonyl (C=O) groups is 1. The summed E-state index contributed by atoms with van der Waals surface area (Å²) in [5.41, 5.74) is 0.984. The van der Waals surface area contributed by atoms with Crippen LogP contribution in [0.4, 0.5) is 11.5 Å². The fraction of sp³-hybridized carbons (Fsp3) is 0.250. The van der Waals surface area contributed by atoms with Gasteiger partial charge >= 0.3 is 0 Å². The Morgan fingerprint density at radius 2 is 1.96 bits per heavy atom. The number of ether oxygens (including phenoxy) is 1. The molecule has 0 fully saturated rings. The number of halogens is 2. The molecular weight excluding hydrogens is 337 g/mol. The summed E-state index contributed by atoms with van der Waals surface area (Å²) in [6.07, 6.45) is 2.40. The van der Waals surface area contributed by atoms with Crippen LogP contribution >= 0.6 is 23.2 Å². The Hall–Kier alpha value is -1.82. The second-order valence-electron chi connectivity index (χ2n) is 4.82. The number of nitrogens with one attached hydrogen (secondary N) is 2. The SMILES string of the molecule is COCCCNc1ccc(C(=O)Nc2cc(Cl)cc(Cl)c2)cn1. The maximum Gasteiger partial charge on any atom is 0.257 e. The van der Waals surface area contributed by atoms with E-state index < -0.39 is 0 Å². The normalized spacial score (nSPS) is 10.4. The number of benzene rings is 1. The van der Waals surface area contributed by atoms with Gasteiger partial charge in [0.15, 0.2) is 0 Å². The van der Waals surface area contributed by atoms with Crippen LogP contribution in [0.5, 0.6) is 0 Å². The van der Waals surface area contributed by atoms with Gasteiger partial charge in [-0.25, -0.2) is 4.98 Å². The lowest BCUT2D eigenvalue weighted by molar-refractivity contribution is 0.102. The van der Waals surface area contributed by atoms with Crippen molar-refractivity contribution in [2.24, 2.45) is 0 Å². The molecule has 1 aromatic heterocycles. The van der Waals surface area contributed by atoms with Gasteiger partial charge in [0, 0.05) is 42.2 Å². The van der Waals surface area contributed by atoms with Crippen LogP contribution in [0.15, 0.2) is 36.5 Å². The highest BCUT2D eigenvalue weighted by atomic mass is 35.5. The molecule has 2 aromatic rings. The van der Waals surface area contributed by atoms with Crippen molar-refractivity contribution in [2.45, 2.75) is 6.42 Å². The van der Waals surface area contributed by atoms with E-state index >= 15 is 0 Å². The molecule has 0 saturated heterocycles. The predicted octanol–water partition coefficient (Wildman–Crippen LogP) is 4.09. The van der Waals surface area contributed by atoms with Crippen LogP contribution in [0.3, 0.4) is 0 Å². The summed E-state index contributed by atoms with van der Waals surface area (Å²) in [4.78, 5) is 16.4. The molecule has 0 spiro atoms. The molecule has 23 heavy (non-hydrogen) atoms. The topological polar surface area (TPSA) is 63.2 Å². The summed E-state index contributed by atoms with van der Waals surface area (Å²) >= 11 is 11.8. The lowest BCUT2D eigenvalue weighted by atomic mass is 10.2. The summed E-state index contributed by atoms with van der Waals surface area (Å²) in [6, 6.07) is 8.32. The van der Waals surface area contributed by atoms with Crippen molar-refractivity contribution < 1.29 is 9.53 Å². The van der Waals surface area contributed by atoms with Gasteiger partial charge in [-0.3, -0.25) is 4.79 Å². The molecule has 122 valence electrons. The number of anilines is 2. The molecule has 0 atom stereocenters. The van der Waals surface area contributed by atoms with E-state index in [-0.39, 0.29) is 5.91 Å². The Kier molecular flexibility index (Phi) is 6.65. The zero-order valence-corrected chi connectivity index (χ0v) is 14.1. The van der Waals surface area contributed by atoms with Crippen molar-refractivity contribution in [1.82, 2.24) is 4.98 Å². The van der Waals surface area contributed by atoms with Crippen LogP contribution in [0.25, 0.3) is 0 Å². The van der Waals surface area contributed by atoms with Crippen molar-refractivity contribution in [3.8, 4) is 0 Å². The number of methoxy groups -OCH3 is 1. The van der Waals surface area contributed by atoms with Crippen LogP contribution in [0.1, 0.15) is 16.8 Å². The van der Waals surface area contributed by atoms with Gasteiger partial charge in [-0.1, -0.05) is 23.2 Å². The van der Waals surface area contributed by atoms with Gasteiger partial charge in [0.05, 0.1) is 5.56 Å². The van der Waals surface area contributed by atoms with E-state index in [9.17, 15) is 4.79 Å². The van der Waals surface area contributed by atoms with Gasteiger partial charge < -0.3 is 15.4 Å². The molecule has 0 bridgehead atoms. The number of amides is 1. The molecule has 7 heteroatoms. The van der Waals surface area contributed by atoms with E-state index in [1.54, 1.807) is 37.4 Å². The largest absolute Gasteiger partial charge is 0.385 e. The minimum absolute atomic E-state index is 0.276. The number of aromatic nitrogens is 1. The molecular formula is C16H17Cl2N3O2. The van der Waals surface area contributed by atoms with Gasteiger partial charge in [-0.2, -0.15) is 0 Å². The third-order valence-corrected chi connectivity index (χ3v) is 3.41. The molecule has 0 radical (unpaired) electrons. The van der Waals surface area contributed by atoms with E-state index in [0.29, 0.717) is 33.7 Å². The minimum Gasteiger partial charge on any atom is -0.385 e. The zero-order chi connectivity index (χ0) is 16.7. The fourth-order valence-corrected chi connectivity index (χ4v) is 2.42. The zero-order valence-electron chi connectivity index (χ0n) is 12.6. The fourth-order valence-electron chi connectivity index (χ4n) is 1.89. The van der Waals surface area contributed by atoms with Crippen LogP contribution in [-0.2, 0) is 4.74 Å². The minimum atomic E-state index is -0.276. The first-order valence-corrected chi connectivity index (χ1v) is 7.80. The standard InChI is InChI=1S/C16H17Cl2N3O2/c1-23-6-2-5-19-15-4-3-11(10-20-15)16(22)21-14-8-12(17)7-13(18)9-14/h3-4,7-10H,2,5-6H2,1H3,(H,19,20)(H,21,22). The number of nitrogens with zero attached hydrogens (tertiary/aromatic N) is 1. The van der Waals surface area contributed by atoms with E-state index in [0.717, 1.165) is 13.0 Å². The van der Waals surface area contributed by atoms with E-state index in [1.807, 2.05) is 0 Å². The maximum atomic E-state index is 12.2. The lowest BCUT2D eigenvalue weighted by Gasteiger charge is -2.08. The summed E-state index contributed by atoms with van der Waals surface area (Å²) in [5, 5.41) is 6.81. The quantitative estimate of drug-likeness (QED) is 0.735. The van der Waals surface area contributed by atoms with E-state index in [1.165, 1.54) is 6.20 Å². The first-order valence-electron chi connectivity index (χ1n) is 7.05. The maximum absolute atomic E-state index is 12.2. The molecule has 1 heterocycles. The van der Waals surface area contributed by atoms with Gasteiger partial charge in [0.2, 0.25) is 0 Å². The Morgan fingerprint density at radius 1 is 1.22 bits per heavy atom. The Labute approximate surface area is 145 Å². The molecule has 0 aliphatic carbocycles. The second kappa shape index (κ2) is 8.72. The Balaban J connectivity index is 1.94. The average molecular weight is 354 g/mol. The molecule has 0 unspecified atom stereocenters. The van der Waals surface area contributed by atoms with Crippen molar-refractivity contribution in [3.63, 3.8) is 0 Å². The first-order chi connectivity index (χ1) is 11.1. The Morgan fingerprint density at radius 3 is 2.57 bits per heavy atom. The highest BCUT2D eigenvalue weighted by molar-refractivity contribution is 6.35. The lowest BCUT2D eigenvalue weighted by Crippen LogP contribution is -2.13. The number of carbonyl (C=O) groups excluding carboxylic acids is 1. The van der Waals surface area contributed by atoms with Crippen molar-refractivity contribution in [2.75, 3.05) is 30.9 Å². The molecule has 1 amide bonds. The summed E-state index contributed by atoms with van der Waals surface area (Å²) in [5.74, 6) is 0.435. The van der Waals surface area contributed by atoms with Crippen molar-refractivity contribution >= 4 is 40.6 Å². The Bertz CT molecular complexity index is 643. The molecule has 0 aliphatic rings. The van der Waals surface area contributed by atoms with Gasteiger partial charge in [0.25, 0.3) is 5.91 Å². The monoisotopic (exact) mass is 353 g/mol. The number of rotatable bonds is 7. The molecule has 2 N–H and O–H groups in total. The highest BCUT2D eigenvalue weighted by Gasteiger charge is 2.08. The number of pyridine rings is 1. The molecule has 5 nitrogen and oxygen atoms in total. The average Bonchev–Trinajstić information content (AvgIpc) is 2.51. The third kappa shape index (κ3) is 5.71. The van der Waals surface area contributed by atoms with Crippen LogP contribution in [-0.4, -0.2) is 31.2 Å². The first kappa shape index (κ1) is 17.5. The van der Waals surface area contributed by atoms with Gasteiger partial charge in [-0.05, 0) is 36.8 Å². The molecule has 0 aliphatic heterocycles. The van der Waals surface area contributed by atoms with Crippen LogP contribution in [0.2, 0.25) is 10.0 Å². The summed E-state index contributed by atoms with van der Waals surface area (Å²) in [7, 11) is 1.67. The second-order valence-corrected chi connectivity index (χ2v) is 5.69. The highest BCUT2D eigenvalue weighted by Crippen LogP contribution is 2.22. The van der Waals surface area contributed by atoms with Crippen molar-refractivity contribution in [1.29, 1.82) is 0 Å².